The molecule has 3 heteroatoms. The number of thiazole rings is 1. The fraction of sp³-hybridized carbons (Fsp3) is 0.364. The number of nitrogens with zero attached hydrogens (tertiary/aromatic N) is 1. The molecular weight excluding hydrogens is 194 g/mol. The SMILES string of the molecule is CCn1c(=O)sc2cc(C)cc(C)c21. The van der Waals surface area contributed by atoms with Crippen molar-refractivity contribution in [1.82, 2.24) is 4.57 Å². The normalized spacial score (nSPS) is 11.1. The number of hydrogen-bond donors (Lipinski definition) is 0. The first-order chi connectivity index (χ1) is 6.63. The maximum Gasteiger partial charge on any atom is 0.308 e. The predicted molar refractivity (Wildman–Crippen MR) is 61.2 cm³/mol. The Kier molecular flexibility index (Phi) is 2.19. The van der Waals surface area contributed by atoms with Crippen molar-refractivity contribution in [2.75, 3.05) is 0 Å². The Morgan fingerprint density at radius 2 is 2.07 bits per heavy atom. The van der Waals surface area contributed by atoms with Crippen LogP contribution in [0.3, 0.4) is 0 Å². The van der Waals surface area contributed by atoms with Crippen LogP contribution < -0.4 is 4.87 Å². The van der Waals surface area contributed by atoms with Crippen LogP contribution in [0, 0.1) is 13.8 Å². The van der Waals surface area contributed by atoms with E-state index in [0.29, 0.717) is 0 Å². The fourth-order valence-corrected chi connectivity index (χ4v) is 3.00. The van der Waals surface area contributed by atoms with Crippen LogP contribution in [0.2, 0.25) is 0 Å². The van der Waals surface area contributed by atoms with E-state index in [9.17, 15) is 4.79 Å². The molecule has 74 valence electrons. The quantitative estimate of drug-likeness (QED) is 0.704. The molecule has 0 fully saturated rings. The van der Waals surface area contributed by atoms with Crippen LogP contribution in [0.5, 0.6) is 0 Å². The Morgan fingerprint density at radius 3 is 2.71 bits per heavy atom. The van der Waals surface area contributed by atoms with Crippen molar-refractivity contribution in [3.05, 3.63) is 32.9 Å². The minimum absolute atomic E-state index is 0.149. The largest absolute Gasteiger partial charge is 0.308 e. The molecule has 0 unspecified atom stereocenters. The van der Waals surface area contributed by atoms with Gasteiger partial charge in [-0.3, -0.25) is 9.36 Å². The molecule has 0 bridgehead atoms. The van der Waals surface area contributed by atoms with Crippen molar-refractivity contribution in [1.29, 1.82) is 0 Å². The molecule has 0 aliphatic heterocycles. The van der Waals surface area contributed by atoms with Gasteiger partial charge in [-0.25, -0.2) is 0 Å². The maximum atomic E-state index is 11.6. The van der Waals surface area contributed by atoms with Crippen LogP contribution in [-0.4, -0.2) is 4.57 Å². The summed E-state index contributed by atoms with van der Waals surface area (Å²) in [6, 6.07) is 4.21. The smallest absolute Gasteiger partial charge is 0.299 e. The molecule has 0 atom stereocenters. The Balaban J connectivity index is 2.95. The summed E-state index contributed by atoms with van der Waals surface area (Å²) in [4.78, 5) is 11.8. The molecule has 0 aliphatic carbocycles. The Bertz CT molecular complexity index is 536. The van der Waals surface area contributed by atoms with E-state index in [-0.39, 0.29) is 4.87 Å². The highest BCUT2D eigenvalue weighted by atomic mass is 32.1. The number of benzene rings is 1. The molecule has 2 aromatic rings. The molecule has 1 aromatic heterocycles. The molecule has 0 saturated carbocycles. The molecule has 0 N–H and O–H groups in total. The van der Waals surface area contributed by atoms with Gasteiger partial charge in [-0.1, -0.05) is 17.4 Å². The summed E-state index contributed by atoms with van der Waals surface area (Å²) in [5.41, 5.74) is 3.52. The van der Waals surface area contributed by atoms with Crippen molar-refractivity contribution >= 4 is 21.6 Å². The number of rotatable bonds is 1. The van der Waals surface area contributed by atoms with Crippen molar-refractivity contribution in [2.24, 2.45) is 0 Å². The second-order valence-corrected chi connectivity index (χ2v) is 4.53. The monoisotopic (exact) mass is 207 g/mol. The van der Waals surface area contributed by atoms with Gasteiger partial charge in [-0.15, -0.1) is 0 Å². The topological polar surface area (TPSA) is 22.0 Å². The Hall–Kier alpha value is -1.09. The average molecular weight is 207 g/mol. The van der Waals surface area contributed by atoms with E-state index < -0.39 is 0 Å². The Labute approximate surface area is 86.8 Å². The second kappa shape index (κ2) is 3.24. The van der Waals surface area contributed by atoms with E-state index in [1.54, 1.807) is 0 Å². The lowest BCUT2D eigenvalue weighted by atomic mass is 10.1. The first-order valence-electron chi connectivity index (χ1n) is 4.74. The molecule has 1 aromatic carbocycles. The fourth-order valence-electron chi connectivity index (χ4n) is 1.87. The number of hydrogen-bond acceptors (Lipinski definition) is 2. The number of aromatic nitrogens is 1. The standard InChI is InChI=1S/C11H13NOS/c1-4-12-10-8(3)5-7(2)6-9(10)14-11(12)13/h5-6H,4H2,1-3H3. The van der Waals surface area contributed by atoms with Gasteiger partial charge >= 0.3 is 4.87 Å². The summed E-state index contributed by atoms with van der Waals surface area (Å²) in [5, 5.41) is 0. The molecule has 0 saturated heterocycles. The van der Waals surface area contributed by atoms with Crippen LogP contribution in [-0.2, 0) is 6.54 Å². The number of fused-ring (bicyclic) bond motifs is 1. The van der Waals surface area contributed by atoms with E-state index in [2.05, 4.69) is 26.0 Å². The van der Waals surface area contributed by atoms with Crippen LogP contribution in [0.25, 0.3) is 10.2 Å². The summed E-state index contributed by atoms with van der Waals surface area (Å²) >= 11 is 1.34. The van der Waals surface area contributed by atoms with Gasteiger partial charge in [0.1, 0.15) is 0 Å². The van der Waals surface area contributed by atoms with E-state index in [1.165, 1.54) is 22.5 Å². The third kappa shape index (κ3) is 1.28. The molecule has 0 aliphatic rings. The zero-order valence-corrected chi connectivity index (χ0v) is 9.44. The highest BCUT2D eigenvalue weighted by Gasteiger charge is 2.08. The zero-order valence-electron chi connectivity index (χ0n) is 8.63. The first-order valence-corrected chi connectivity index (χ1v) is 5.55. The van der Waals surface area contributed by atoms with Crippen molar-refractivity contribution < 1.29 is 0 Å². The second-order valence-electron chi connectivity index (χ2n) is 3.54. The zero-order chi connectivity index (χ0) is 10.3. The van der Waals surface area contributed by atoms with E-state index in [1.807, 2.05) is 11.5 Å². The predicted octanol–water partition coefficient (Wildman–Crippen LogP) is 2.70. The highest BCUT2D eigenvalue weighted by molar-refractivity contribution is 7.16. The van der Waals surface area contributed by atoms with Gasteiger partial charge in [-0.05, 0) is 38.0 Å². The van der Waals surface area contributed by atoms with Crippen LogP contribution in [0.15, 0.2) is 16.9 Å². The third-order valence-corrected chi connectivity index (χ3v) is 3.34. The van der Waals surface area contributed by atoms with Gasteiger partial charge in [0.2, 0.25) is 0 Å². The molecule has 2 nitrogen and oxygen atoms in total. The summed E-state index contributed by atoms with van der Waals surface area (Å²) in [7, 11) is 0. The molecule has 0 radical (unpaired) electrons. The van der Waals surface area contributed by atoms with Crippen molar-refractivity contribution in [3.63, 3.8) is 0 Å². The Morgan fingerprint density at radius 1 is 1.36 bits per heavy atom. The van der Waals surface area contributed by atoms with Gasteiger partial charge in [0.05, 0.1) is 10.2 Å². The number of aryl methyl sites for hydroxylation is 3. The maximum absolute atomic E-state index is 11.6. The van der Waals surface area contributed by atoms with Crippen molar-refractivity contribution in [3.8, 4) is 0 Å². The summed E-state index contributed by atoms with van der Waals surface area (Å²) in [6.07, 6.45) is 0. The molecular formula is C11H13NOS. The minimum atomic E-state index is 0.149. The van der Waals surface area contributed by atoms with E-state index >= 15 is 0 Å². The molecule has 1 heterocycles. The molecule has 2 rings (SSSR count). The molecule has 0 amide bonds. The van der Waals surface area contributed by atoms with Gasteiger partial charge in [0, 0.05) is 6.54 Å². The third-order valence-electron chi connectivity index (χ3n) is 2.41. The lowest BCUT2D eigenvalue weighted by Gasteiger charge is -2.03. The van der Waals surface area contributed by atoms with Gasteiger partial charge < -0.3 is 0 Å². The lowest BCUT2D eigenvalue weighted by molar-refractivity contribution is 0.776. The lowest BCUT2D eigenvalue weighted by Crippen LogP contribution is -2.11. The minimum Gasteiger partial charge on any atom is -0.299 e. The van der Waals surface area contributed by atoms with Gasteiger partial charge in [0.15, 0.2) is 0 Å². The van der Waals surface area contributed by atoms with Crippen molar-refractivity contribution in [2.45, 2.75) is 27.3 Å². The van der Waals surface area contributed by atoms with Crippen LogP contribution in [0.4, 0.5) is 0 Å². The van der Waals surface area contributed by atoms with Crippen LogP contribution in [0.1, 0.15) is 18.1 Å². The first kappa shape index (κ1) is 9.46. The highest BCUT2D eigenvalue weighted by Crippen LogP contribution is 2.22. The van der Waals surface area contributed by atoms with E-state index in [4.69, 9.17) is 0 Å². The summed E-state index contributed by atoms with van der Waals surface area (Å²) in [5.74, 6) is 0. The van der Waals surface area contributed by atoms with Gasteiger partial charge in [-0.2, -0.15) is 0 Å². The average Bonchev–Trinajstić information content (AvgIpc) is 2.40. The summed E-state index contributed by atoms with van der Waals surface area (Å²) < 4.78 is 2.95. The molecule has 0 spiro atoms. The van der Waals surface area contributed by atoms with Gasteiger partial charge in [0.25, 0.3) is 0 Å². The molecule has 14 heavy (non-hydrogen) atoms. The van der Waals surface area contributed by atoms with Crippen LogP contribution >= 0.6 is 11.3 Å². The summed E-state index contributed by atoms with van der Waals surface area (Å²) in [6.45, 7) is 6.89. The van der Waals surface area contributed by atoms with E-state index in [0.717, 1.165) is 16.8 Å².